The minimum absolute atomic E-state index is 0.561. The van der Waals surface area contributed by atoms with Crippen LogP contribution in [-0.2, 0) is 0 Å². The lowest BCUT2D eigenvalue weighted by atomic mass is 10.3. The summed E-state index contributed by atoms with van der Waals surface area (Å²) in [6, 6.07) is 68.2. The summed E-state index contributed by atoms with van der Waals surface area (Å²) >= 11 is 0. The SMILES string of the molecule is C=C[Si](Oc1ccc(O[Si](C=C)(c2ccccc2)c2ccccc2)c(O[Si](C=C)(c2ccccc2)c2ccccc2)c1)(c1ccccc1)c1ccccc1. The van der Waals surface area contributed by atoms with Crippen molar-refractivity contribution >= 4 is 56.1 Å². The van der Waals surface area contributed by atoms with Gasteiger partial charge in [0.15, 0.2) is 0 Å². The van der Waals surface area contributed by atoms with Crippen LogP contribution in [0, 0.1) is 0 Å². The van der Waals surface area contributed by atoms with Gasteiger partial charge in [0, 0.05) is 6.07 Å². The topological polar surface area (TPSA) is 27.7 Å². The van der Waals surface area contributed by atoms with Gasteiger partial charge >= 0.3 is 25.0 Å². The molecule has 7 rings (SSSR count). The monoisotopic (exact) mass is 750 g/mol. The molecule has 3 nitrogen and oxygen atoms in total. The Morgan fingerprint density at radius 1 is 0.296 bits per heavy atom. The van der Waals surface area contributed by atoms with Crippen LogP contribution in [0.25, 0.3) is 0 Å². The molecular weight excluding hydrogens is 709 g/mol. The van der Waals surface area contributed by atoms with Crippen LogP contribution in [0.5, 0.6) is 17.2 Å². The fourth-order valence-electron chi connectivity index (χ4n) is 7.05. The van der Waals surface area contributed by atoms with Gasteiger partial charge in [-0.2, -0.15) is 0 Å². The molecule has 0 amide bonds. The summed E-state index contributed by atoms with van der Waals surface area (Å²) in [6.07, 6.45) is 0. The minimum atomic E-state index is -3.15. The summed E-state index contributed by atoms with van der Waals surface area (Å²) in [5.74, 6) is 1.80. The number of hydrogen-bond donors (Lipinski definition) is 0. The van der Waals surface area contributed by atoms with E-state index in [0.717, 1.165) is 31.1 Å². The van der Waals surface area contributed by atoms with Crippen molar-refractivity contribution in [2.24, 2.45) is 0 Å². The van der Waals surface area contributed by atoms with Crippen molar-refractivity contribution in [3.05, 3.63) is 237 Å². The van der Waals surface area contributed by atoms with Crippen LogP contribution in [-0.4, -0.2) is 25.0 Å². The molecule has 7 aromatic carbocycles. The lowest BCUT2D eigenvalue weighted by Gasteiger charge is -2.35. The van der Waals surface area contributed by atoms with Gasteiger partial charge < -0.3 is 13.3 Å². The van der Waals surface area contributed by atoms with Crippen LogP contribution in [0.15, 0.2) is 237 Å². The predicted molar refractivity (Wildman–Crippen MR) is 233 cm³/mol. The largest absolute Gasteiger partial charge is 0.531 e. The number of hydrogen-bond acceptors (Lipinski definition) is 3. The first-order valence-electron chi connectivity index (χ1n) is 18.0. The molecule has 0 saturated carbocycles. The van der Waals surface area contributed by atoms with Crippen LogP contribution in [0.1, 0.15) is 0 Å². The molecule has 264 valence electrons. The van der Waals surface area contributed by atoms with E-state index < -0.39 is 25.0 Å². The van der Waals surface area contributed by atoms with E-state index in [1.54, 1.807) is 0 Å². The Bertz CT molecular complexity index is 2180. The molecule has 0 aliphatic rings. The van der Waals surface area contributed by atoms with Crippen molar-refractivity contribution in [1.29, 1.82) is 0 Å². The van der Waals surface area contributed by atoms with Crippen LogP contribution in [0.2, 0.25) is 0 Å². The molecule has 0 fully saturated rings. The molecule has 7 aromatic rings. The third-order valence-electron chi connectivity index (χ3n) is 9.81. The fraction of sp³-hybridized carbons (Fsp3) is 0. The maximum atomic E-state index is 7.51. The van der Waals surface area contributed by atoms with Crippen molar-refractivity contribution < 1.29 is 13.3 Å². The molecule has 0 N–H and O–H groups in total. The van der Waals surface area contributed by atoms with Crippen LogP contribution in [0.3, 0.4) is 0 Å². The Morgan fingerprint density at radius 3 is 0.833 bits per heavy atom. The average Bonchev–Trinajstić information content (AvgIpc) is 3.26. The molecule has 0 atom stereocenters. The Hall–Kier alpha value is -6.19. The summed E-state index contributed by atoms with van der Waals surface area (Å²) in [5, 5.41) is 6.44. The van der Waals surface area contributed by atoms with E-state index in [4.69, 9.17) is 13.3 Å². The van der Waals surface area contributed by atoms with Gasteiger partial charge in [0.25, 0.3) is 0 Å². The molecule has 0 radical (unpaired) electrons. The molecular formula is C48H42O3Si3. The molecule has 0 saturated heterocycles. The molecule has 0 aromatic heterocycles. The fourth-order valence-corrected chi connectivity index (χ4v) is 16.1. The zero-order valence-corrected chi connectivity index (χ0v) is 33.1. The Labute approximate surface area is 322 Å². The third kappa shape index (κ3) is 6.98. The molecule has 0 bridgehead atoms. The second-order valence-corrected chi connectivity index (χ2v) is 22.6. The van der Waals surface area contributed by atoms with Crippen molar-refractivity contribution in [2.75, 3.05) is 0 Å². The molecule has 0 aliphatic carbocycles. The van der Waals surface area contributed by atoms with Gasteiger partial charge in [0.1, 0.15) is 17.2 Å². The van der Waals surface area contributed by atoms with Crippen molar-refractivity contribution in [3.8, 4) is 17.2 Å². The van der Waals surface area contributed by atoms with E-state index >= 15 is 0 Å². The van der Waals surface area contributed by atoms with Gasteiger partial charge in [-0.1, -0.05) is 199 Å². The molecule has 0 unspecified atom stereocenters. The minimum Gasteiger partial charge on any atom is -0.531 e. The first kappa shape index (κ1) is 36.2. The lowest BCUT2D eigenvalue weighted by molar-refractivity contribution is 0.497. The Kier molecular flexibility index (Phi) is 10.9. The Balaban J connectivity index is 1.45. The van der Waals surface area contributed by atoms with Gasteiger partial charge in [-0.15, -0.1) is 19.7 Å². The zero-order valence-electron chi connectivity index (χ0n) is 30.1. The normalized spacial score (nSPS) is 11.6. The Morgan fingerprint density at radius 2 is 0.556 bits per heavy atom. The first-order chi connectivity index (χ1) is 26.6. The van der Waals surface area contributed by atoms with E-state index in [1.807, 2.05) is 120 Å². The van der Waals surface area contributed by atoms with E-state index in [0.29, 0.717) is 17.2 Å². The maximum Gasteiger partial charge on any atom is 0.339 e. The molecule has 0 heterocycles. The average molecular weight is 751 g/mol. The highest BCUT2D eigenvalue weighted by Crippen LogP contribution is 2.36. The number of rotatable bonds is 15. The van der Waals surface area contributed by atoms with E-state index in [1.165, 1.54) is 0 Å². The van der Waals surface area contributed by atoms with Crippen LogP contribution < -0.4 is 44.4 Å². The summed E-state index contributed by atoms with van der Waals surface area (Å²) in [4.78, 5) is 0. The van der Waals surface area contributed by atoms with Gasteiger partial charge in [0.2, 0.25) is 0 Å². The molecule has 54 heavy (non-hydrogen) atoms. The summed E-state index contributed by atoms with van der Waals surface area (Å²) < 4.78 is 22.2. The third-order valence-corrected chi connectivity index (χ3v) is 20.3. The predicted octanol–water partition coefficient (Wildman–Crippen LogP) is 7.28. The van der Waals surface area contributed by atoms with Gasteiger partial charge in [-0.05, 0) is 43.3 Å². The number of benzene rings is 7. The molecule has 6 heteroatoms. The second-order valence-electron chi connectivity index (χ2n) is 12.9. The first-order valence-corrected chi connectivity index (χ1v) is 24.0. The summed E-state index contributed by atoms with van der Waals surface area (Å²) in [6.45, 7) is 13.2. The smallest absolute Gasteiger partial charge is 0.339 e. The second kappa shape index (κ2) is 16.2. The van der Waals surface area contributed by atoms with E-state index in [-0.39, 0.29) is 0 Å². The molecule has 0 aliphatic heterocycles. The van der Waals surface area contributed by atoms with E-state index in [9.17, 15) is 0 Å². The van der Waals surface area contributed by atoms with Crippen molar-refractivity contribution in [3.63, 3.8) is 0 Å². The van der Waals surface area contributed by atoms with Gasteiger partial charge in [-0.25, -0.2) is 0 Å². The molecule has 0 spiro atoms. The van der Waals surface area contributed by atoms with Crippen LogP contribution >= 0.6 is 0 Å². The highest BCUT2D eigenvalue weighted by Gasteiger charge is 2.43. The van der Waals surface area contributed by atoms with Crippen LogP contribution in [0.4, 0.5) is 0 Å². The van der Waals surface area contributed by atoms with Crippen molar-refractivity contribution in [2.45, 2.75) is 0 Å². The maximum absolute atomic E-state index is 7.51. The zero-order chi connectivity index (χ0) is 37.3. The lowest BCUT2D eigenvalue weighted by Crippen LogP contribution is -2.63. The highest BCUT2D eigenvalue weighted by molar-refractivity contribution is 7.03. The van der Waals surface area contributed by atoms with E-state index in [2.05, 4.69) is 117 Å². The summed E-state index contributed by atoms with van der Waals surface area (Å²) in [7, 11) is -9.24. The van der Waals surface area contributed by atoms with Gasteiger partial charge in [-0.3, -0.25) is 0 Å². The quantitative estimate of drug-likeness (QED) is 0.103. The van der Waals surface area contributed by atoms with Gasteiger partial charge in [0.05, 0.1) is 0 Å². The van der Waals surface area contributed by atoms with Crippen molar-refractivity contribution in [1.82, 2.24) is 0 Å². The highest BCUT2D eigenvalue weighted by atomic mass is 28.4. The standard InChI is InChI=1S/C48H42O3Si3/c1-4-52(41-25-13-7-14-26-41,42-27-15-8-16-28-42)49-40-37-38-47(50-53(5-2,43-29-17-9-18-30-43)44-31-19-10-20-32-44)48(39-40)51-54(6-3,45-33-21-11-22-34-45)46-35-23-12-24-36-46/h4-39H,1-3H2. The summed E-state index contributed by atoms with van der Waals surface area (Å²) in [5.41, 5.74) is 6.00.